The molecule has 1 aromatic heterocycles. The van der Waals surface area contributed by atoms with Gasteiger partial charge in [0, 0.05) is 24.9 Å². The molecule has 1 aromatic rings. The molecule has 1 aliphatic carbocycles. The van der Waals surface area contributed by atoms with Crippen molar-refractivity contribution in [2.75, 3.05) is 26.2 Å². The average molecular weight is 335 g/mol. The number of piperidine rings is 1. The Bertz CT molecular complexity index is 412. The summed E-state index contributed by atoms with van der Waals surface area (Å²) in [5, 5.41) is 7.08. The molecule has 6 heteroatoms. The molecule has 1 saturated carbocycles. The summed E-state index contributed by atoms with van der Waals surface area (Å²) in [5.41, 5.74) is 0. The first kappa shape index (κ1) is 18.8. The summed E-state index contributed by atoms with van der Waals surface area (Å²) >= 11 is 0. The minimum absolute atomic E-state index is 0. The Labute approximate surface area is 140 Å². The van der Waals surface area contributed by atoms with E-state index in [9.17, 15) is 0 Å². The Hall–Kier alpha value is -0.290. The van der Waals surface area contributed by atoms with Crippen LogP contribution in [0.5, 0.6) is 0 Å². The monoisotopic (exact) mass is 334 g/mol. The smallest absolute Gasteiger partial charge is 0.111 e. The summed E-state index contributed by atoms with van der Waals surface area (Å²) in [6.07, 6.45) is 5.21. The van der Waals surface area contributed by atoms with E-state index in [2.05, 4.69) is 40.2 Å². The average Bonchev–Trinajstić information content (AvgIpc) is 2.82. The van der Waals surface area contributed by atoms with Crippen molar-refractivity contribution in [1.82, 2.24) is 20.2 Å². The van der Waals surface area contributed by atoms with E-state index >= 15 is 0 Å². The number of fused-ring (bicyclic) bond motifs is 1. The molecule has 2 N–H and O–H groups in total. The second-order valence-corrected chi connectivity index (χ2v) is 6.34. The maximum atomic E-state index is 4.43. The Morgan fingerprint density at radius 2 is 2.05 bits per heavy atom. The number of hydrogen-bond donors (Lipinski definition) is 2. The van der Waals surface area contributed by atoms with Gasteiger partial charge in [-0.25, -0.2) is 4.98 Å². The highest BCUT2D eigenvalue weighted by Gasteiger charge is 2.51. The third kappa shape index (κ3) is 4.35. The van der Waals surface area contributed by atoms with Crippen LogP contribution in [0.4, 0.5) is 0 Å². The molecule has 21 heavy (non-hydrogen) atoms. The Morgan fingerprint density at radius 3 is 2.71 bits per heavy atom. The maximum Gasteiger partial charge on any atom is 0.111 e. The van der Waals surface area contributed by atoms with Gasteiger partial charge >= 0.3 is 0 Å². The normalized spacial score (nSPS) is 26.1. The van der Waals surface area contributed by atoms with Crippen molar-refractivity contribution in [1.29, 1.82) is 0 Å². The van der Waals surface area contributed by atoms with E-state index in [-0.39, 0.29) is 24.8 Å². The molecule has 2 fully saturated rings. The highest BCUT2D eigenvalue weighted by Crippen LogP contribution is 2.47. The van der Waals surface area contributed by atoms with E-state index in [4.69, 9.17) is 0 Å². The lowest BCUT2D eigenvalue weighted by Crippen LogP contribution is -2.24. The highest BCUT2D eigenvalue weighted by molar-refractivity contribution is 5.85. The van der Waals surface area contributed by atoms with E-state index in [1.807, 2.05) is 6.20 Å². The van der Waals surface area contributed by atoms with E-state index < -0.39 is 0 Å². The van der Waals surface area contributed by atoms with E-state index in [1.54, 1.807) is 0 Å². The first-order valence-corrected chi connectivity index (χ1v) is 7.70. The zero-order chi connectivity index (χ0) is 13.2. The number of hydrogen-bond acceptors (Lipinski definition) is 3. The van der Waals surface area contributed by atoms with E-state index in [1.165, 1.54) is 31.9 Å². The molecule has 1 aliphatic heterocycles. The van der Waals surface area contributed by atoms with Gasteiger partial charge in [-0.3, -0.25) is 0 Å². The van der Waals surface area contributed by atoms with Gasteiger partial charge in [0.2, 0.25) is 0 Å². The summed E-state index contributed by atoms with van der Waals surface area (Å²) in [6, 6.07) is 0. The molecule has 3 rings (SSSR count). The number of halogens is 2. The van der Waals surface area contributed by atoms with Gasteiger partial charge in [0.25, 0.3) is 0 Å². The number of imidazole rings is 1. The number of nitrogens with one attached hydrogen (secondary N) is 2. The van der Waals surface area contributed by atoms with Crippen LogP contribution in [-0.4, -0.2) is 35.7 Å². The summed E-state index contributed by atoms with van der Waals surface area (Å²) in [7, 11) is 0. The molecule has 1 saturated heterocycles. The molecule has 0 aromatic carbocycles. The summed E-state index contributed by atoms with van der Waals surface area (Å²) in [6.45, 7) is 10.3. The predicted molar refractivity (Wildman–Crippen MR) is 91.6 cm³/mol. The Balaban J connectivity index is 0.00000110. The zero-order valence-corrected chi connectivity index (χ0v) is 14.6. The fourth-order valence-corrected chi connectivity index (χ4v) is 3.50. The first-order chi connectivity index (χ1) is 9.27. The molecule has 2 heterocycles. The predicted octanol–water partition coefficient (Wildman–Crippen LogP) is 2.30. The van der Waals surface area contributed by atoms with Gasteiger partial charge in [0.05, 0.1) is 0 Å². The first-order valence-electron chi connectivity index (χ1n) is 7.70. The van der Waals surface area contributed by atoms with Crippen molar-refractivity contribution >= 4 is 24.8 Å². The van der Waals surface area contributed by atoms with Crippen LogP contribution < -0.4 is 10.6 Å². The molecule has 122 valence electrons. The van der Waals surface area contributed by atoms with Gasteiger partial charge in [-0.2, -0.15) is 0 Å². The molecule has 2 aliphatic rings. The zero-order valence-electron chi connectivity index (χ0n) is 12.9. The molecule has 0 radical (unpaired) electrons. The molecule has 0 bridgehead atoms. The van der Waals surface area contributed by atoms with Gasteiger partial charge in [-0.15, -0.1) is 24.8 Å². The molecular weight excluding hydrogens is 307 g/mol. The minimum atomic E-state index is 0. The molecule has 0 amide bonds. The van der Waals surface area contributed by atoms with Crippen LogP contribution in [0.25, 0.3) is 0 Å². The lowest BCUT2D eigenvalue weighted by Gasteiger charge is -2.11. The lowest BCUT2D eigenvalue weighted by molar-refractivity contribution is 0.510. The third-order valence-corrected chi connectivity index (χ3v) is 4.67. The van der Waals surface area contributed by atoms with Crippen LogP contribution >= 0.6 is 24.8 Å². The molecular formula is C15H28Cl2N4. The fraction of sp³-hybridized carbons (Fsp3) is 0.800. The lowest BCUT2D eigenvalue weighted by atomic mass is 10.2. The Kier molecular flexibility index (Phi) is 7.48. The van der Waals surface area contributed by atoms with Gasteiger partial charge in [0.15, 0.2) is 0 Å². The quantitative estimate of drug-likeness (QED) is 0.752. The van der Waals surface area contributed by atoms with Crippen LogP contribution in [-0.2, 0) is 6.54 Å². The van der Waals surface area contributed by atoms with Gasteiger partial charge in [0.1, 0.15) is 5.82 Å². The van der Waals surface area contributed by atoms with Crippen molar-refractivity contribution in [2.45, 2.75) is 32.7 Å². The highest BCUT2D eigenvalue weighted by atomic mass is 35.5. The molecule has 1 unspecified atom stereocenters. The standard InChI is InChI=1S/C15H26N4.2ClH/c1-11(2)15-18-5-7-19(15)6-3-4-16-8-12-13-9-17-10-14(12)13;;/h5,7,11-14,16-17H,3-4,6,8-10H2,1-2H3;2*1H/t12?,13-,14+;;. The van der Waals surface area contributed by atoms with E-state index in [0.29, 0.717) is 5.92 Å². The van der Waals surface area contributed by atoms with Crippen LogP contribution in [0.1, 0.15) is 32.0 Å². The van der Waals surface area contributed by atoms with Crippen molar-refractivity contribution in [3.05, 3.63) is 18.2 Å². The van der Waals surface area contributed by atoms with Gasteiger partial charge in [-0.05, 0) is 50.4 Å². The van der Waals surface area contributed by atoms with Gasteiger partial charge < -0.3 is 15.2 Å². The third-order valence-electron chi connectivity index (χ3n) is 4.67. The van der Waals surface area contributed by atoms with Crippen LogP contribution in [0.3, 0.4) is 0 Å². The number of nitrogens with zero attached hydrogens (tertiary/aromatic N) is 2. The maximum absolute atomic E-state index is 4.43. The Morgan fingerprint density at radius 1 is 1.33 bits per heavy atom. The number of aromatic nitrogens is 2. The molecule has 3 atom stereocenters. The minimum Gasteiger partial charge on any atom is -0.335 e. The van der Waals surface area contributed by atoms with Gasteiger partial charge in [-0.1, -0.05) is 13.8 Å². The SMILES string of the molecule is CC(C)c1nccn1CCCNCC1[C@H]2CNC[C@@H]12.Cl.Cl. The number of rotatable bonds is 7. The second-order valence-electron chi connectivity index (χ2n) is 6.34. The second kappa shape index (κ2) is 8.37. The molecule has 0 spiro atoms. The van der Waals surface area contributed by atoms with Crippen molar-refractivity contribution in [2.24, 2.45) is 17.8 Å². The largest absolute Gasteiger partial charge is 0.335 e. The topological polar surface area (TPSA) is 41.9 Å². The summed E-state index contributed by atoms with van der Waals surface area (Å²) in [5.74, 6) is 4.65. The van der Waals surface area contributed by atoms with E-state index in [0.717, 1.165) is 30.8 Å². The van der Waals surface area contributed by atoms with Crippen LogP contribution in [0, 0.1) is 17.8 Å². The van der Waals surface area contributed by atoms with Crippen molar-refractivity contribution in [3.8, 4) is 0 Å². The summed E-state index contributed by atoms with van der Waals surface area (Å²) < 4.78 is 2.29. The number of aryl methyl sites for hydroxylation is 1. The van der Waals surface area contributed by atoms with Crippen molar-refractivity contribution < 1.29 is 0 Å². The fourth-order valence-electron chi connectivity index (χ4n) is 3.50. The van der Waals surface area contributed by atoms with Crippen LogP contribution in [0.15, 0.2) is 12.4 Å². The van der Waals surface area contributed by atoms with Crippen LogP contribution in [0.2, 0.25) is 0 Å². The molecule has 4 nitrogen and oxygen atoms in total. The van der Waals surface area contributed by atoms with Crippen molar-refractivity contribution in [3.63, 3.8) is 0 Å². The summed E-state index contributed by atoms with van der Waals surface area (Å²) in [4.78, 5) is 4.43.